The third-order valence-electron chi connectivity index (χ3n) is 2.50. The van der Waals surface area contributed by atoms with E-state index in [1.807, 2.05) is 0 Å². The molecular weight excluding hydrogens is 339 g/mol. The predicted molar refractivity (Wildman–Crippen MR) is 73.1 cm³/mol. The molecule has 0 saturated heterocycles. The van der Waals surface area contributed by atoms with E-state index in [2.05, 4.69) is 23.9 Å². The van der Waals surface area contributed by atoms with Crippen molar-refractivity contribution in [3.8, 4) is 0 Å². The van der Waals surface area contributed by atoms with Crippen LogP contribution in [-0.4, -0.2) is 11.7 Å². The normalized spacial score (nSPS) is 14.9. The van der Waals surface area contributed by atoms with Crippen LogP contribution < -0.4 is 4.57 Å². The van der Waals surface area contributed by atoms with Gasteiger partial charge >= 0.3 is 33.0 Å². The van der Waals surface area contributed by atoms with E-state index in [4.69, 9.17) is 5.11 Å². The minimum atomic E-state index is -10.7. The number of unbranched alkanes of at least 4 members (excludes halogenated alkanes) is 2. The molecule has 0 atom stereocenters. The number of halogens is 6. The summed E-state index contributed by atoms with van der Waals surface area (Å²) in [6.45, 7) is 5.76. The van der Waals surface area contributed by atoms with Gasteiger partial charge in [-0.15, -0.1) is 0 Å². The van der Waals surface area contributed by atoms with Crippen LogP contribution in [0.15, 0.2) is 5.51 Å². The Morgan fingerprint density at radius 3 is 2.10 bits per heavy atom. The van der Waals surface area contributed by atoms with Gasteiger partial charge in [0.1, 0.15) is 6.54 Å². The van der Waals surface area contributed by atoms with E-state index < -0.39 is 7.81 Å². The molecule has 0 bridgehead atoms. The number of nitrogens with zero attached hydrogens (tertiary/aromatic N) is 1. The zero-order valence-electron chi connectivity index (χ0n) is 11.8. The number of aromatic nitrogens is 1. The summed E-state index contributed by atoms with van der Waals surface area (Å²) in [5.41, 5.74) is 3.51. The third kappa shape index (κ3) is 14.3. The van der Waals surface area contributed by atoms with Crippen molar-refractivity contribution < 1.29 is 34.9 Å². The van der Waals surface area contributed by atoms with Crippen molar-refractivity contribution in [2.24, 2.45) is 0 Å². The third-order valence-corrected chi connectivity index (χ3v) is 3.64. The molecule has 1 rings (SSSR count). The van der Waals surface area contributed by atoms with E-state index >= 15 is 0 Å². The zero-order valence-corrected chi connectivity index (χ0v) is 13.5. The summed E-state index contributed by atoms with van der Waals surface area (Å²) < 4.78 is 61.5. The zero-order chi connectivity index (χ0) is 16.8. The van der Waals surface area contributed by atoms with Crippen LogP contribution in [0.3, 0.4) is 0 Å². The van der Waals surface area contributed by atoms with Gasteiger partial charge in [-0.25, -0.2) is 0 Å². The summed E-state index contributed by atoms with van der Waals surface area (Å²) in [5, 5.41) is 8.86. The van der Waals surface area contributed by atoms with Gasteiger partial charge in [0, 0.05) is 26.4 Å². The molecule has 21 heavy (non-hydrogen) atoms. The van der Waals surface area contributed by atoms with Crippen molar-refractivity contribution in [3.05, 3.63) is 16.1 Å². The maximum absolute atomic E-state index is 10.7. The number of hydrogen-bond acceptors (Lipinski definition) is 2. The molecule has 0 fully saturated rings. The Kier molecular flexibility index (Phi) is 6.66. The first kappa shape index (κ1) is 20.6. The molecule has 0 radical (unpaired) electrons. The summed E-state index contributed by atoms with van der Waals surface area (Å²) >= 11 is 1.76. The van der Waals surface area contributed by atoms with Crippen LogP contribution in [-0.2, 0) is 13.0 Å². The second-order valence-electron chi connectivity index (χ2n) is 4.56. The SMILES string of the molecule is CCCCC[n+]1csc(CCO)c1C.F[P-](F)(F)(F)(F)F. The summed E-state index contributed by atoms with van der Waals surface area (Å²) in [6.07, 6.45) is 4.64. The summed E-state index contributed by atoms with van der Waals surface area (Å²) in [5.74, 6) is 0. The second kappa shape index (κ2) is 6.79. The molecule has 1 aromatic heterocycles. The Labute approximate surface area is 123 Å². The molecule has 0 amide bonds. The van der Waals surface area contributed by atoms with E-state index in [1.165, 1.54) is 29.8 Å². The van der Waals surface area contributed by atoms with Crippen molar-refractivity contribution in [1.29, 1.82) is 0 Å². The first-order valence-electron chi connectivity index (χ1n) is 6.38. The number of aliphatic hydroxyl groups is 1. The molecule has 0 aromatic carbocycles. The standard InChI is InChI=1S/C11H20NOS.F6P/c1-3-4-5-7-12-9-14-11(6-8-13)10(12)2;1-7(2,3,4,5)6/h9,13H,3-8H2,1-2H3;/q+1;-1. The molecule has 10 heteroatoms. The monoisotopic (exact) mass is 359 g/mol. The van der Waals surface area contributed by atoms with Gasteiger partial charge in [-0.05, 0) is 6.42 Å². The van der Waals surface area contributed by atoms with Gasteiger partial charge < -0.3 is 5.11 Å². The maximum atomic E-state index is 9.87. The Bertz CT molecular complexity index is 433. The van der Waals surface area contributed by atoms with Crippen molar-refractivity contribution in [2.75, 3.05) is 6.61 Å². The summed E-state index contributed by atoms with van der Waals surface area (Å²) in [6, 6.07) is 0. The molecule has 0 spiro atoms. The fourth-order valence-electron chi connectivity index (χ4n) is 1.55. The Hall–Kier alpha value is -0.400. The molecule has 0 aliphatic heterocycles. The van der Waals surface area contributed by atoms with Crippen LogP contribution in [0.25, 0.3) is 0 Å². The molecule has 1 N–H and O–H groups in total. The van der Waals surface area contributed by atoms with Gasteiger partial charge in [-0.1, -0.05) is 24.7 Å². The average Bonchev–Trinajstić information content (AvgIpc) is 2.58. The predicted octanol–water partition coefficient (Wildman–Crippen LogP) is 5.45. The Balaban J connectivity index is 0.000000486. The van der Waals surface area contributed by atoms with Gasteiger partial charge in [-0.3, -0.25) is 0 Å². The van der Waals surface area contributed by atoms with Crippen LogP contribution in [0.2, 0.25) is 0 Å². The number of rotatable bonds is 6. The number of hydrogen-bond donors (Lipinski definition) is 1. The van der Waals surface area contributed by atoms with E-state index in [0.717, 1.165) is 13.0 Å². The number of thiazole rings is 1. The van der Waals surface area contributed by atoms with Crippen molar-refractivity contribution in [3.63, 3.8) is 0 Å². The minimum absolute atomic E-state index is 0.260. The molecule has 0 aliphatic carbocycles. The second-order valence-corrected chi connectivity index (χ2v) is 7.42. The van der Waals surface area contributed by atoms with Gasteiger partial charge in [0.15, 0.2) is 5.69 Å². The van der Waals surface area contributed by atoms with Gasteiger partial charge in [0.25, 0.3) is 0 Å². The topological polar surface area (TPSA) is 24.1 Å². The molecule has 0 saturated carbocycles. The fraction of sp³-hybridized carbons (Fsp3) is 0.727. The van der Waals surface area contributed by atoms with Crippen LogP contribution in [0, 0.1) is 6.92 Å². The Morgan fingerprint density at radius 2 is 1.67 bits per heavy atom. The van der Waals surface area contributed by atoms with E-state index in [-0.39, 0.29) is 6.61 Å². The fourth-order valence-corrected chi connectivity index (χ4v) is 2.56. The quantitative estimate of drug-likeness (QED) is 0.310. The molecule has 2 nitrogen and oxygen atoms in total. The molecule has 128 valence electrons. The van der Waals surface area contributed by atoms with Crippen molar-refractivity contribution in [1.82, 2.24) is 0 Å². The Morgan fingerprint density at radius 1 is 1.14 bits per heavy atom. The number of aryl methyl sites for hydroxylation is 1. The van der Waals surface area contributed by atoms with Gasteiger partial charge in [-0.2, -0.15) is 4.57 Å². The van der Waals surface area contributed by atoms with Gasteiger partial charge in [0.05, 0.1) is 4.88 Å². The van der Waals surface area contributed by atoms with E-state index in [9.17, 15) is 25.2 Å². The van der Waals surface area contributed by atoms with E-state index in [1.54, 1.807) is 11.3 Å². The van der Waals surface area contributed by atoms with Crippen LogP contribution in [0.4, 0.5) is 25.2 Å². The van der Waals surface area contributed by atoms with Crippen LogP contribution in [0.5, 0.6) is 0 Å². The molecule has 1 aromatic rings. The average molecular weight is 359 g/mol. The van der Waals surface area contributed by atoms with Crippen molar-refractivity contribution >= 4 is 19.1 Å². The number of aliphatic hydroxyl groups excluding tert-OH is 1. The first-order chi connectivity index (χ1) is 9.24. The van der Waals surface area contributed by atoms with Crippen molar-refractivity contribution in [2.45, 2.75) is 46.1 Å². The molecule has 0 unspecified atom stereocenters. The van der Waals surface area contributed by atoms with Crippen LogP contribution in [0.1, 0.15) is 36.8 Å². The summed E-state index contributed by atoms with van der Waals surface area (Å²) in [7, 11) is -10.7. The van der Waals surface area contributed by atoms with Gasteiger partial charge in [0.2, 0.25) is 5.51 Å². The van der Waals surface area contributed by atoms with E-state index in [0.29, 0.717) is 0 Å². The molecule has 0 aliphatic rings. The summed E-state index contributed by atoms with van der Waals surface area (Å²) in [4.78, 5) is 1.32. The molecule has 1 heterocycles. The first-order valence-corrected chi connectivity index (χ1v) is 9.29. The molecular formula is C11H20F6NOPS. The van der Waals surface area contributed by atoms with Crippen LogP contribution >= 0.6 is 19.1 Å².